The standard InChI is InChI=1S/C13H15N5O3/c1-9-3-4-14-13(12(9)18(19)20)15-8-10-7-11-17(16-10)5-2-6-21-11/h3-4,7H,2,5-6,8H2,1H3,(H,14,15). The molecule has 1 aliphatic heterocycles. The van der Waals surface area contributed by atoms with E-state index in [4.69, 9.17) is 4.74 Å². The maximum atomic E-state index is 11.1. The molecule has 8 heteroatoms. The minimum absolute atomic E-state index is 0.00211. The lowest BCUT2D eigenvalue weighted by molar-refractivity contribution is -0.384. The van der Waals surface area contributed by atoms with E-state index < -0.39 is 4.92 Å². The van der Waals surface area contributed by atoms with Crippen molar-refractivity contribution < 1.29 is 9.66 Å². The third kappa shape index (κ3) is 2.64. The molecule has 0 aliphatic carbocycles. The fraction of sp³-hybridized carbons (Fsp3) is 0.385. The minimum atomic E-state index is -0.425. The van der Waals surface area contributed by atoms with Crippen molar-refractivity contribution in [1.82, 2.24) is 14.8 Å². The number of anilines is 1. The number of aryl methyl sites for hydroxylation is 2. The van der Waals surface area contributed by atoms with E-state index in [2.05, 4.69) is 15.4 Å². The Hall–Kier alpha value is -2.64. The third-order valence-corrected chi connectivity index (χ3v) is 3.30. The van der Waals surface area contributed by atoms with E-state index in [1.165, 1.54) is 0 Å². The maximum absolute atomic E-state index is 11.1. The highest BCUT2D eigenvalue weighted by Crippen LogP contribution is 2.26. The largest absolute Gasteiger partial charge is 0.478 e. The fourth-order valence-electron chi connectivity index (χ4n) is 2.29. The summed E-state index contributed by atoms with van der Waals surface area (Å²) >= 11 is 0. The number of nitrogens with zero attached hydrogens (tertiary/aromatic N) is 4. The van der Waals surface area contributed by atoms with E-state index >= 15 is 0 Å². The Morgan fingerprint density at radius 1 is 1.57 bits per heavy atom. The van der Waals surface area contributed by atoms with Crippen LogP contribution in [-0.2, 0) is 13.1 Å². The molecule has 21 heavy (non-hydrogen) atoms. The first-order chi connectivity index (χ1) is 10.1. The van der Waals surface area contributed by atoms with E-state index in [0.29, 0.717) is 18.7 Å². The monoisotopic (exact) mass is 289 g/mol. The van der Waals surface area contributed by atoms with Gasteiger partial charge in [0.2, 0.25) is 11.7 Å². The lowest BCUT2D eigenvalue weighted by atomic mass is 10.2. The molecule has 0 spiro atoms. The molecule has 8 nitrogen and oxygen atoms in total. The number of nitrogens with one attached hydrogen (secondary N) is 1. The molecule has 3 rings (SSSR count). The van der Waals surface area contributed by atoms with Crippen LogP contribution >= 0.6 is 0 Å². The van der Waals surface area contributed by atoms with Gasteiger partial charge in [-0.15, -0.1) is 0 Å². The van der Waals surface area contributed by atoms with Gasteiger partial charge in [-0.05, 0) is 13.0 Å². The molecule has 0 fully saturated rings. The van der Waals surface area contributed by atoms with E-state index in [0.717, 1.165) is 24.5 Å². The van der Waals surface area contributed by atoms with Crippen molar-refractivity contribution in [2.45, 2.75) is 26.4 Å². The highest BCUT2D eigenvalue weighted by Gasteiger charge is 2.19. The highest BCUT2D eigenvalue weighted by molar-refractivity contribution is 5.59. The zero-order chi connectivity index (χ0) is 14.8. The van der Waals surface area contributed by atoms with Gasteiger partial charge in [0.15, 0.2) is 0 Å². The summed E-state index contributed by atoms with van der Waals surface area (Å²) in [4.78, 5) is 14.7. The van der Waals surface area contributed by atoms with Crippen LogP contribution in [0.1, 0.15) is 17.7 Å². The van der Waals surface area contributed by atoms with Gasteiger partial charge in [0.1, 0.15) is 0 Å². The Labute approximate surface area is 120 Å². The number of pyridine rings is 1. The SMILES string of the molecule is Cc1ccnc(NCc2cc3n(n2)CCCO3)c1[N+](=O)[O-]. The van der Waals surface area contributed by atoms with Crippen LogP contribution in [0, 0.1) is 17.0 Å². The van der Waals surface area contributed by atoms with Gasteiger partial charge in [-0.1, -0.05) is 0 Å². The molecule has 0 saturated carbocycles. The van der Waals surface area contributed by atoms with Crippen LogP contribution in [0.3, 0.4) is 0 Å². The van der Waals surface area contributed by atoms with Gasteiger partial charge in [-0.25, -0.2) is 9.67 Å². The molecule has 110 valence electrons. The number of rotatable bonds is 4. The summed E-state index contributed by atoms with van der Waals surface area (Å²) in [5, 5.41) is 18.5. The number of hydrogen-bond donors (Lipinski definition) is 1. The molecular formula is C13H15N5O3. The van der Waals surface area contributed by atoms with E-state index in [1.54, 1.807) is 23.9 Å². The molecular weight excluding hydrogens is 274 g/mol. The number of hydrogen-bond acceptors (Lipinski definition) is 6. The molecule has 0 bridgehead atoms. The molecule has 1 aliphatic rings. The Bertz CT molecular complexity index is 659. The van der Waals surface area contributed by atoms with Crippen molar-refractivity contribution >= 4 is 11.5 Å². The van der Waals surface area contributed by atoms with E-state index in [9.17, 15) is 10.1 Å². The van der Waals surface area contributed by atoms with Crippen LogP contribution in [0.15, 0.2) is 18.3 Å². The van der Waals surface area contributed by atoms with E-state index in [-0.39, 0.29) is 11.5 Å². The lowest BCUT2D eigenvalue weighted by Crippen LogP contribution is -2.14. The summed E-state index contributed by atoms with van der Waals surface area (Å²) < 4.78 is 7.29. The summed E-state index contributed by atoms with van der Waals surface area (Å²) in [7, 11) is 0. The van der Waals surface area contributed by atoms with Crippen molar-refractivity contribution in [2.24, 2.45) is 0 Å². The van der Waals surface area contributed by atoms with E-state index in [1.807, 2.05) is 6.07 Å². The molecule has 0 radical (unpaired) electrons. The van der Waals surface area contributed by atoms with Gasteiger partial charge >= 0.3 is 5.69 Å². The van der Waals surface area contributed by atoms with Crippen LogP contribution in [0.4, 0.5) is 11.5 Å². The third-order valence-electron chi connectivity index (χ3n) is 3.30. The first-order valence-electron chi connectivity index (χ1n) is 6.68. The van der Waals surface area contributed by atoms with Gasteiger partial charge in [0.05, 0.1) is 23.8 Å². The summed E-state index contributed by atoms with van der Waals surface area (Å²) in [6, 6.07) is 3.46. The van der Waals surface area contributed by atoms with Crippen LogP contribution in [0.2, 0.25) is 0 Å². The summed E-state index contributed by atoms with van der Waals surface area (Å²) in [5.41, 5.74) is 1.34. The van der Waals surface area contributed by atoms with Crippen LogP contribution in [0.5, 0.6) is 5.88 Å². The van der Waals surface area contributed by atoms with Gasteiger partial charge < -0.3 is 10.1 Å². The molecule has 0 saturated heterocycles. The first-order valence-corrected chi connectivity index (χ1v) is 6.68. The smallest absolute Gasteiger partial charge is 0.314 e. The predicted molar refractivity (Wildman–Crippen MR) is 75.3 cm³/mol. The molecule has 0 aromatic carbocycles. The Morgan fingerprint density at radius 2 is 2.43 bits per heavy atom. The molecule has 3 heterocycles. The minimum Gasteiger partial charge on any atom is -0.478 e. The van der Waals surface area contributed by atoms with Crippen molar-refractivity contribution in [3.63, 3.8) is 0 Å². The quantitative estimate of drug-likeness (QED) is 0.682. The van der Waals surface area contributed by atoms with Gasteiger partial charge in [-0.3, -0.25) is 10.1 Å². The zero-order valence-corrected chi connectivity index (χ0v) is 11.6. The summed E-state index contributed by atoms with van der Waals surface area (Å²) in [5.74, 6) is 0.997. The van der Waals surface area contributed by atoms with Crippen molar-refractivity contribution in [3.8, 4) is 5.88 Å². The van der Waals surface area contributed by atoms with Crippen molar-refractivity contribution in [1.29, 1.82) is 0 Å². The number of ether oxygens (including phenoxy) is 1. The number of aromatic nitrogens is 3. The van der Waals surface area contributed by atoms with Crippen LogP contribution < -0.4 is 10.1 Å². The maximum Gasteiger partial charge on any atom is 0.314 e. The second kappa shape index (κ2) is 5.39. The topological polar surface area (TPSA) is 95.1 Å². The lowest BCUT2D eigenvalue weighted by Gasteiger charge is -2.13. The number of fused-ring (bicyclic) bond motifs is 1. The molecule has 0 amide bonds. The van der Waals surface area contributed by atoms with Crippen molar-refractivity contribution in [3.05, 3.63) is 39.7 Å². The molecule has 0 unspecified atom stereocenters. The summed E-state index contributed by atoms with van der Waals surface area (Å²) in [6.45, 7) is 3.58. The Kier molecular flexibility index (Phi) is 3.43. The zero-order valence-electron chi connectivity index (χ0n) is 11.6. The molecule has 2 aromatic rings. The molecule has 0 atom stereocenters. The Balaban J connectivity index is 1.77. The second-order valence-corrected chi connectivity index (χ2v) is 4.83. The predicted octanol–water partition coefficient (Wildman–Crippen LogP) is 1.89. The summed E-state index contributed by atoms with van der Waals surface area (Å²) in [6.07, 6.45) is 2.48. The molecule has 2 aromatic heterocycles. The highest BCUT2D eigenvalue weighted by atomic mass is 16.6. The molecule has 1 N–H and O–H groups in total. The average molecular weight is 289 g/mol. The average Bonchev–Trinajstić information content (AvgIpc) is 2.87. The second-order valence-electron chi connectivity index (χ2n) is 4.83. The van der Waals surface area contributed by atoms with Crippen molar-refractivity contribution in [2.75, 3.05) is 11.9 Å². The number of nitro groups is 1. The first kappa shape index (κ1) is 13.3. The fourth-order valence-corrected chi connectivity index (χ4v) is 2.29. The van der Waals surface area contributed by atoms with Gasteiger partial charge in [0.25, 0.3) is 0 Å². The normalized spacial score (nSPS) is 13.4. The van der Waals surface area contributed by atoms with Gasteiger partial charge in [-0.2, -0.15) is 5.10 Å². The Morgan fingerprint density at radius 3 is 3.19 bits per heavy atom. The van der Waals surface area contributed by atoms with Crippen LogP contribution in [0.25, 0.3) is 0 Å². The van der Waals surface area contributed by atoms with Gasteiger partial charge in [0, 0.05) is 30.8 Å². The van der Waals surface area contributed by atoms with Crippen LogP contribution in [-0.4, -0.2) is 26.3 Å².